The molecule has 0 radical (unpaired) electrons. The van der Waals surface area contributed by atoms with Crippen molar-refractivity contribution in [2.24, 2.45) is 11.5 Å². The van der Waals surface area contributed by atoms with Gasteiger partial charge in [-0.3, -0.25) is 0 Å². The molecule has 0 aliphatic heterocycles. The standard InChI is InChI=1S/C10H14N4O/c11-3-4-15-10-2-1-7(13)5-8(10)9(14)6-12/h1-2,5,9H,4,6,12-14H2. The first-order valence-electron chi connectivity index (χ1n) is 4.54. The van der Waals surface area contributed by atoms with E-state index in [1.54, 1.807) is 18.2 Å². The number of nitrogen functional groups attached to an aromatic ring is 1. The molecule has 1 aromatic rings. The summed E-state index contributed by atoms with van der Waals surface area (Å²) in [6.07, 6.45) is 0. The van der Waals surface area contributed by atoms with Gasteiger partial charge in [0.2, 0.25) is 0 Å². The molecule has 5 nitrogen and oxygen atoms in total. The molecule has 1 aromatic carbocycles. The third-order valence-corrected chi connectivity index (χ3v) is 1.98. The molecule has 0 amide bonds. The van der Waals surface area contributed by atoms with Crippen LogP contribution in [0.15, 0.2) is 18.2 Å². The van der Waals surface area contributed by atoms with Crippen LogP contribution in [0.2, 0.25) is 0 Å². The molecule has 1 rings (SSSR count). The molecule has 5 heteroatoms. The SMILES string of the molecule is N#CCOc1ccc(N)cc1C(N)CN. The van der Waals surface area contributed by atoms with Gasteiger partial charge in [-0.05, 0) is 18.2 Å². The maximum Gasteiger partial charge on any atom is 0.174 e. The lowest BCUT2D eigenvalue weighted by atomic mass is 10.1. The summed E-state index contributed by atoms with van der Waals surface area (Å²) in [5.41, 5.74) is 18.2. The van der Waals surface area contributed by atoms with E-state index < -0.39 is 0 Å². The molecular formula is C10H14N4O. The van der Waals surface area contributed by atoms with Crippen molar-refractivity contribution in [3.63, 3.8) is 0 Å². The van der Waals surface area contributed by atoms with Gasteiger partial charge in [0, 0.05) is 23.8 Å². The molecule has 15 heavy (non-hydrogen) atoms. The third kappa shape index (κ3) is 2.84. The summed E-state index contributed by atoms with van der Waals surface area (Å²) in [4.78, 5) is 0. The normalized spacial score (nSPS) is 11.8. The van der Waals surface area contributed by atoms with Crippen molar-refractivity contribution >= 4 is 5.69 Å². The van der Waals surface area contributed by atoms with Gasteiger partial charge >= 0.3 is 0 Å². The molecule has 0 aliphatic carbocycles. The largest absolute Gasteiger partial charge is 0.478 e. The van der Waals surface area contributed by atoms with Crippen LogP contribution in [0.25, 0.3) is 0 Å². The number of benzene rings is 1. The van der Waals surface area contributed by atoms with Gasteiger partial charge < -0.3 is 21.9 Å². The number of rotatable bonds is 4. The Morgan fingerprint density at radius 3 is 2.80 bits per heavy atom. The first-order valence-corrected chi connectivity index (χ1v) is 4.54. The predicted molar refractivity (Wildman–Crippen MR) is 57.9 cm³/mol. The Kier molecular flexibility index (Phi) is 3.92. The van der Waals surface area contributed by atoms with Gasteiger partial charge in [-0.15, -0.1) is 0 Å². The summed E-state index contributed by atoms with van der Waals surface area (Å²) in [5.74, 6) is 0.559. The van der Waals surface area contributed by atoms with Gasteiger partial charge in [0.05, 0.1) is 0 Å². The Morgan fingerprint density at radius 2 is 2.20 bits per heavy atom. The van der Waals surface area contributed by atoms with Crippen molar-refractivity contribution < 1.29 is 4.74 Å². The fourth-order valence-corrected chi connectivity index (χ4v) is 1.23. The number of hydrogen-bond acceptors (Lipinski definition) is 5. The van der Waals surface area contributed by atoms with Crippen molar-refractivity contribution in [1.29, 1.82) is 5.26 Å². The zero-order valence-corrected chi connectivity index (χ0v) is 8.31. The van der Waals surface area contributed by atoms with E-state index in [-0.39, 0.29) is 12.6 Å². The lowest BCUT2D eigenvalue weighted by Crippen LogP contribution is -2.21. The molecule has 1 atom stereocenters. The molecule has 0 spiro atoms. The maximum absolute atomic E-state index is 8.41. The first-order chi connectivity index (χ1) is 7.19. The third-order valence-electron chi connectivity index (χ3n) is 1.98. The average Bonchev–Trinajstić information content (AvgIpc) is 2.26. The average molecular weight is 206 g/mol. The van der Waals surface area contributed by atoms with E-state index in [2.05, 4.69) is 0 Å². The number of nitriles is 1. The number of nitrogens with zero attached hydrogens (tertiary/aromatic N) is 1. The van der Waals surface area contributed by atoms with E-state index in [1.807, 2.05) is 6.07 Å². The van der Waals surface area contributed by atoms with Crippen LogP contribution >= 0.6 is 0 Å². The predicted octanol–water partition coefficient (Wildman–Crippen LogP) is 0.130. The molecule has 0 bridgehead atoms. The minimum absolute atomic E-state index is 0.0196. The highest BCUT2D eigenvalue weighted by atomic mass is 16.5. The van der Waals surface area contributed by atoms with E-state index in [4.69, 9.17) is 27.2 Å². The van der Waals surface area contributed by atoms with Crippen molar-refractivity contribution in [2.75, 3.05) is 18.9 Å². The maximum atomic E-state index is 8.41. The number of nitrogens with two attached hydrogens (primary N) is 3. The van der Waals surface area contributed by atoms with Crippen molar-refractivity contribution in [3.05, 3.63) is 23.8 Å². The molecule has 80 valence electrons. The van der Waals surface area contributed by atoms with Crippen LogP contribution in [0, 0.1) is 11.3 Å². The highest BCUT2D eigenvalue weighted by Crippen LogP contribution is 2.25. The van der Waals surface area contributed by atoms with Gasteiger partial charge in [0.15, 0.2) is 6.61 Å². The van der Waals surface area contributed by atoms with Gasteiger partial charge in [-0.2, -0.15) is 5.26 Å². The van der Waals surface area contributed by atoms with Crippen LogP contribution in [0.4, 0.5) is 5.69 Å². The lowest BCUT2D eigenvalue weighted by Gasteiger charge is -2.14. The Bertz CT molecular complexity index is 372. The van der Waals surface area contributed by atoms with Crippen LogP contribution in [0.5, 0.6) is 5.75 Å². The molecular weight excluding hydrogens is 192 g/mol. The van der Waals surface area contributed by atoms with Crippen molar-refractivity contribution in [2.45, 2.75) is 6.04 Å². The summed E-state index contributed by atoms with van der Waals surface area (Å²) in [5, 5.41) is 8.41. The lowest BCUT2D eigenvalue weighted by molar-refractivity contribution is 0.361. The Morgan fingerprint density at radius 1 is 1.47 bits per heavy atom. The summed E-state index contributed by atoms with van der Waals surface area (Å²) in [6.45, 7) is 0.278. The Balaban J connectivity index is 2.98. The summed E-state index contributed by atoms with van der Waals surface area (Å²) in [7, 11) is 0. The molecule has 0 saturated carbocycles. The van der Waals surface area contributed by atoms with E-state index in [1.165, 1.54) is 0 Å². The minimum atomic E-state index is -0.331. The van der Waals surface area contributed by atoms with E-state index in [0.29, 0.717) is 18.0 Å². The summed E-state index contributed by atoms with van der Waals surface area (Å²) >= 11 is 0. The number of anilines is 1. The van der Waals surface area contributed by atoms with Gasteiger partial charge in [-0.1, -0.05) is 0 Å². The van der Waals surface area contributed by atoms with Crippen LogP contribution in [0.1, 0.15) is 11.6 Å². The van der Waals surface area contributed by atoms with Crippen LogP contribution in [-0.2, 0) is 0 Å². The zero-order chi connectivity index (χ0) is 11.3. The summed E-state index contributed by atoms with van der Waals surface area (Å²) < 4.78 is 5.21. The highest BCUT2D eigenvalue weighted by Gasteiger charge is 2.11. The van der Waals surface area contributed by atoms with Crippen LogP contribution in [0.3, 0.4) is 0 Å². The van der Waals surface area contributed by atoms with Crippen molar-refractivity contribution in [1.82, 2.24) is 0 Å². The highest BCUT2D eigenvalue weighted by molar-refractivity contribution is 5.49. The second-order valence-corrected chi connectivity index (χ2v) is 3.09. The number of ether oxygens (including phenoxy) is 1. The molecule has 0 heterocycles. The molecule has 1 unspecified atom stereocenters. The van der Waals surface area contributed by atoms with Gasteiger partial charge in [0.1, 0.15) is 11.8 Å². The molecule has 6 N–H and O–H groups in total. The molecule has 0 saturated heterocycles. The monoisotopic (exact) mass is 206 g/mol. The van der Waals surface area contributed by atoms with Crippen molar-refractivity contribution in [3.8, 4) is 11.8 Å². The second-order valence-electron chi connectivity index (χ2n) is 3.09. The smallest absolute Gasteiger partial charge is 0.174 e. The van der Waals surface area contributed by atoms with Gasteiger partial charge in [-0.25, -0.2) is 0 Å². The van der Waals surface area contributed by atoms with Crippen LogP contribution in [-0.4, -0.2) is 13.2 Å². The molecule has 0 fully saturated rings. The zero-order valence-electron chi connectivity index (χ0n) is 8.31. The Hall–Kier alpha value is -1.77. The number of hydrogen-bond donors (Lipinski definition) is 3. The molecule has 0 aromatic heterocycles. The van der Waals surface area contributed by atoms with Gasteiger partial charge in [0.25, 0.3) is 0 Å². The fraction of sp³-hybridized carbons (Fsp3) is 0.300. The summed E-state index contributed by atoms with van der Waals surface area (Å²) in [6, 6.07) is 6.66. The van der Waals surface area contributed by atoms with E-state index in [0.717, 1.165) is 5.56 Å². The second kappa shape index (κ2) is 5.20. The Labute approximate surface area is 88.4 Å². The first kappa shape index (κ1) is 11.3. The fourth-order valence-electron chi connectivity index (χ4n) is 1.23. The van der Waals surface area contributed by atoms with E-state index >= 15 is 0 Å². The molecule has 0 aliphatic rings. The minimum Gasteiger partial charge on any atom is -0.478 e. The van der Waals surface area contributed by atoms with E-state index in [9.17, 15) is 0 Å². The quantitative estimate of drug-likeness (QED) is 0.606. The topological polar surface area (TPSA) is 111 Å². The van der Waals surface area contributed by atoms with Crippen LogP contribution < -0.4 is 21.9 Å².